The summed E-state index contributed by atoms with van der Waals surface area (Å²) >= 11 is 3.33. The number of hydrogen-bond acceptors (Lipinski definition) is 4. The van der Waals surface area contributed by atoms with E-state index in [9.17, 15) is 13.2 Å². The Hall–Kier alpha value is -2.84. The Bertz CT molecular complexity index is 1100. The molecule has 6 nitrogen and oxygen atoms in total. The molecule has 0 saturated carbocycles. The molecule has 8 heteroatoms. The van der Waals surface area contributed by atoms with E-state index in [0.29, 0.717) is 17.1 Å². The van der Waals surface area contributed by atoms with Crippen LogP contribution in [0.3, 0.4) is 0 Å². The minimum absolute atomic E-state index is 0.102. The number of benzene rings is 3. The zero-order valence-electron chi connectivity index (χ0n) is 15.6. The standard InChI is InChI=1S/C21H19BrN2O4S/c1-15-4-2-3-5-20(15)24-29(26,27)19-12-8-17(9-13-19)23-21(25)14-28-18-10-6-16(22)7-11-18/h2-13,24H,14H2,1H3,(H,23,25). The number of hydrogen-bond donors (Lipinski definition) is 2. The van der Waals surface area contributed by atoms with Crippen LogP contribution in [0.15, 0.2) is 82.2 Å². The maximum atomic E-state index is 12.5. The van der Waals surface area contributed by atoms with Crippen LogP contribution in [-0.2, 0) is 14.8 Å². The van der Waals surface area contributed by atoms with E-state index in [1.165, 1.54) is 24.3 Å². The van der Waals surface area contributed by atoms with Crippen LogP contribution in [0.2, 0.25) is 0 Å². The fourth-order valence-corrected chi connectivity index (χ4v) is 3.88. The van der Waals surface area contributed by atoms with Crippen LogP contribution in [0, 0.1) is 6.92 Å². The van der Waals surface area contributed by atoms with E-state index in [-0.39, 0.29) is 17.4 Å². The Morgan fingerprint density at radius 1 is 0.966 bits per heavy atom. The minimum Gasteiger partial charge on any atom is -0.484 e. The molecule has 0 aliphatic rings. The van der Waals surface area contributed by atoms with Crippen molar-refractivity contribution >= 4 is 43.2 Å². The van der Waals surface area contributed by atoms with Crippen molar-refractivity contribution in [2.24, 2.45) is 0 Å². The Morgan fingerprint density at radius 2 is 1.62 bits per heavy atom. The van der Waals surface area contributed by atoms with Crippen LogP contribution in [0.1, 0.15) is 5.56 Å². The predicted octanol–water partition coefficient (Wildman–Crippen LogP) is 4.58. The quantitative estimate of drug-likeness (QED) is 0.524. The molecule has 3 aromatic carbocycles. The highest BCUT2D eigenvalue weighted by atomic mass is 79.9. The number of amides is 1. The minimum atomic E-state index is -3.72. The molecule has 29 heavy (non-hydrogen) atoms. The number of nitrogens with one attached hydrogen (secondary N) is 2. The number of aryl methyl sites for hydroxylation is 1. The number of ether oxygens (including phenoxy) is 1. The molecule has 0 fully saturated rings. The van der Waals surface area contributed by atoms with Gasteiger partial charge in [-0.15, -0.1) is 0 Å². The summed E-state index contributed by atoms with van der Waals surface area (Å²) in [6, 6.07) is 20.2. The Morgan fingerprint density at radius 3 is 2.28 bits per heavy atom. The number of carbonyl (C=O) groups excluding carboxylic acids is 1. The van der Waals surface area contributed by atoms with Gasteiger partial charge < -0.3 is 10.1 Å². The first-order chi connectivity index (χ1) is 13.8. The Kier molecular flexibility index (Phi) is 6.56. The van der Waals surface area contributed by atoms with Gasteiger partial charge in [0, 0.05) is 10.2 Å². The van der Waals surface area contributed by atoms with Crippen molar-refractivity contribution in [3.8, 4) is 5.75 Å². The summed E-state index contributed by atoms with van der Waals surface area (Å²) in [7, 11) is -3.72. The first kappa shape index (κ1) is 20.9. The average Bonchev–Trinajstić information content (AvgIpc) is 2.70. The third kappa shape index (κ3) is 5.82. The van der Waals surface area contributed by atoms with Gasteiger partial charge in [-0.1, -0.05) is 34.1 Å². The third-order valence-corrected chi connectivity index (χ3v) is 5.93. The smallest absolute Gasteiger partial charge is 0.262 e. The van der Waals surface area contributed by atoms with Crippen LogP contribution >= 0.6 is 15.9 Å². The average molecular weight is 475 g/mol. The molecule has 0 radical (unpaired) electrons. The molecule has 0 aromatic heterocycles. The van der Waals surface area contributed by atoms with Gasteiger partial charge in [0.1, 0.15) is 5.75 Å². The van der Waals surface area contributed by atoms with Crippen molar-refractivity contribution in [3.05, 3.63) is 82.8 Å². The summed E-state index contributed by atoms with van der Waals surface area (Å²) in [6.07, 6.45) is 0. The highest BCUT2D eigenvalue weighted by Crippen LogP contribution is 2.21. The zero-order valence-corrected chi connectivity index (χ0v) is 18.0. The van der Waals surface area contributed by atoms with E-state index in [0.717, 1.165) is 10.0 Å². The largest absolute Gasteiger partial charge is 0.484 e. The molecule has 0 spiro atoms. The maximum Gasteiger partial charge on any atom is 0.262 e. The van der Waals surface area contributed by atoms with Gasteiger partial charge in [-0.3, -0.25) is 9.52 Å². The summed E-state index contributed by atoms with van der Waals surface area (Å²) < 4.78 is 34.0. The van der Waals surface area contributed by atoms with E-state index < -0.39 is 10.0 Å². The van der Waals surface area contributed by atoms with Crippen molar-refractivity contribution < 1.29 is 17.9 Å². The molecule has 2 N–H and O–H groups in total. The molecule has 0 unspecified atom stereocenters. The third-order valence-electron chi connectivity index (χ3n) is 4.02. The monoisotopic (exact) mass is 474 g/mol. The van der Waals surface area contributed by atoms with Crippen molar-refractivity contribution in [1.29, 1.82) is 0 Å². The van der Waals surface area contributed by atoms with Crippen LogP contribution in [0.5, 0.6) is 5.75 Å². The molecule has 3 rings (SSSR count). The van der Waals surface area contributed by atoms with E-state index in [4.69, 9.17) is 4.74 Å². The molecule has 0 bridgehead atoms. The predicted molar refractivity (Wildman–Crippen MR) is 117 cm³/mol. The Labute approximate surface area is 178 Å². The van der Waals surface area contributed by atoms with Crippen LogP contribution in [-0.4, -0.2) is 20.9 Å². The van der Waals surface area contributed by atoms with Crippen molar-refractivity contribution in [1.82, 2.24) is 0 Å². The van der Waals surface area contributed by atoms with Gasteiger partial charge in [0.25, 0.3) is 15.9 Å². The van der Waals surface area contributed by atoms with Crippen molar-refractivity contribution in [2.45, 2.75) is 11.8 Å². The number of halogens is 1. The van der Waals surface area contributed by atoms with Crippen LogP contribution in [0.25, 0.3) is 0 Å². The second kappa shape index (κ2) is 9.11. The summed E-state index contributed by atoms with van der Waals surface area (Å²) in [5, 5.41) is 2.67. The van der Waals surface area contributed by atoms with E-state index >= 15 is 0 Å². The highest BCUT2D eigenvalue weighted by molar-refractivity contribution is 9.10. The fourth-order valence-electron chi connectivity index (χ4n) is 2.49. The summed E-state index contributed by atoms with van der Waals surface area (Å²) in [6.45, 7) is 1.67. The van der Waals surface area contributed by atoms with E-state index in [1.807, 2.05) is 31.2 Å². The number of anilines is 2. The van der Waals surface area contributed by atoms with E-state index in [1.54, 1.807) is 24.3 Å². The van der Waals surface area contributed by atoms with Gasteiger partial charge in [0.15, 0.2) is 6.61 Å². The lowest BCUT2D eigenvalue weighted by atomic mass is 10.2. The maximum absolute atomic E-state index is 12.5. The molecule has 1 amide bonds. The van der Waals surface area contributed by atoms with E-state index in [2.05, 4.69) is 26.0 Å². The lowest BCUT2D eigenvalue weighted by molar-refractivity contribution is -0.118. The van der Waals surface area contributed by atoms with Crippen molar-refractivity contribution in [3.63, 3.8) is 0 Å². The normalized spacial score (nSPS) is 11.0. The van der Waals surface area contributed by atoms with Crippen LogP contribution in [0.4, 0.5) is 11.4 Å². The topological polar surface area (TPSA) is 84.5 Å². The van der Waals surface area contributed by atoms with Gasteiger partial charge >= 0.3 is 0 Å². The molecule has 0 heterocycles. The summed E-state index contributed by atoms with van der Waals surface area (Å²) in [4.78, 5) is 12.1. The molecular formula is C21H19BrN2O4S. The lowest BCUT2D eigenvalue weighted by Gasteiger charge is -2.11. The Balaban J connectivity index is 1.59. The van der Waals surface area contributed by atoms with Gasteiger partial charge in [-0.25, -0.2) is 8.42 Å². The van der Waals surface area contributed by atoms with Gasteiger partial charge in [0.05, 0.1) is 10.6 Å². The summed E-state index contributed by atoms with van der Waals surface area (Å²) in [5.74, 6) is 0.230. The fraction of sp³-hybridized carbons (Fsp3) is 0.0952. The molecule has 0 saturated heterocycles. The van der Waals surface area contributed by atoms with Gasteiger partial charge in [-0.05, 0) is 67.1 Å². The SMILES string of the molecule is Cc1ccccc1NS(=O)(=O)c1ccc(NC(=O)COc2ccc(Br)cc2)cc1. The van der Waals surface area contributed by atoms with Gasteiger partial charge in [0.2, 0.25) is 0 Å². The molecular weight excluding hydrogens is 456 g/mol. The van der Waals surface area contributed by atoms with Crippen molar-refractivity contribution in [2.75, 3.05) is 16.6 Å². The molecule has 0 atom stereocenters. The molecule has 0 aliphatic heterocycles. The molecule has 3 aromatic rings. The number of sulfonamides is 1. The lowest BCUT2D eigenvalue weighted by Crippen LogP contribution is -2.20. The number of rotatable bonds is 7. The van der Waals surface area contributed by atoms with Crippen LogP contribution < -0.4 is 14.8 Å². The number of carbonyl (C=O) groups is 1. The first-order valence-corrected chi connectivity index (χ1v) is 11.0. The second-order valence-electron chi connectivity index (χ2n) is 6.24. The zero-order chi connectivity index (χ0) is 20.9. The summed E-state index contributed by atoms with van der Waals surface area (Å²) in [5.41, 5.74) is 1.82. The van der Waals surface area contributed by atoms with Gasteiger partial charge in [-0.2, -0.15) is 0 Å². The molecule has 0 aliphatic carbocycles. The second-order valence-corrected chi connectivity index (χ2v) is 8.83. The number of para-hydroxylation sites is 1. The molecule has 150 valence electrons. The first-order valence-electron chi connectivity index (χ1n) is 8.70. The highest BCUT2D eigenvalue weighted by Gasteiger charge is 2.15.